The van der Waals surface area contributed by atoms with Gasteiger partial charge in [0.05, 0.1) is 30.7 Å². The number of ether oxygens (including phenoxy) is 2. The van der Waals surface area contributed by atoms with Gasteiger partial charge in [0.2, 0.25) is 0 Å². The molecule has 0 spiro atoms. The molecule has 0 aliphatic carbocycles. The Balaban J connectivity index is 1.55. The molecule has 0 bridgehead atoms. The Bertz CT molecular complexity index is 719. The second-order valence-electron chi connectivity index (χ2n) is 7.51. The third-order valence-electron chi connectivity index (χ3n) is 5.63. The summed E-state index contributed by atoms with van der Waals surface area (Å²) in [6.07, 6.45) is 9.42. The maximum Gasteiger partial charge on any atom is 0.0760 e. The molecular weight excluding hydrogens is 330 g/mol. The summed E-state index contributed by atoms with van der Waals surface area (Å²) in [5, 5.41) is 9.06. The molecule has 0 N–H and O–H groups in total. The van der Waals surface area contributed by atoms with Crippen molar-refractivity contribution in [3.63, 3.8) is 0 Å². The van der Waals surface area contributed by atoms with Crippen molar-refractivity contribution in [3.05, 3.63) is 35.4 Å². The smallest absolute Gasteiger partial charge is 0.0760 e. The van der Waals surface area contributed by atoms with Crippen molar-refractivity contribution < 1.29 is 9.47 Å². The predicted molar refractivity (Wildman–Crippen MR) is 97.7 cm³/mol. The summed E-state index contributed by atoms with van der Waals surface area (Å²) >= 11 is 0. The van der Waals surface area contributed by atoms with Crippen LogP contribution in [-0.4, -0.2) is 57.9 Å². The molecule has 4 heterocycles. The summed E-state index contributed by atoms with van der Waals surface area (Å²) in [6, 6.07) is 0.242. The van der Waals surface area contributed by atoms with Crippen LogP contribution in [0.25, 0.3) is 0 Å². The molecule has 0 saturated carbocycles. The van der Waals surface area contributed by atoms with Gasteiger partial charge in [0.1, 0.15) is 0 Å². The van der Waals surface area contributed by atoms with Gasteiger partial charge in [-0.2, -0.15) is 10.2 Å². The lowest BCUT2D eigenvalue weighted by atomic mass is 9.97. The summed E-state index contributed by atoms with van der Waals surface area (Å²) in [4.78, 5) is 2.50. The van der Waals surface area contributed by atoms with E-state index in [0.29, 0.717) is 12.5 Å². The Hall–Kier alpha value is -1.70. The van der Waals surface area contributed by atoms with Crippen LogP contribution in [0.3, 0.4) is 0 Å². The lowest BCUT2D eigenvalue weighted by Crippen LogP contribution is -2.38. The van der Waals surface area contributed by atoms with Crippen LogP contribution in [-0.2, 0) is 36.0 Å². The second kappa shape index (κ2) is 7.90. The minimum atomic E-state index is 0.242. The minimum absolute atomic E-state index is 0.242. The quantitative estimate of drug-likeness (QED) is 0.787. The highest BCUT2D eigenvalue weighted by Gasteiger charge is 2.32. The second-order valence-corrected chi connectivity index (χ2v) is 7.51. The summed E-state index contributed by atoms with van der Waals surface area (Å²) in [7, 11) is 3.75. The maximum atomic E-state index is 5.60. The molecule has 2 aliphatic rings. The molecule has 2 aliphatic heterocycles. The fourth-order valence-electron chi connectivity index (χ4n) is 4.24. The van der Waals surface area contributed by atoms with Gasteiger partial charge in [0.25, 0.3) is 0 Å². The topological polar surface area (TPSA) is 57.3 Å². The first-order valence-corrected chi connectivity index (χ1v) is 9.57. The summed E-state index contributed by atoms with van der Waals surface area (Å²) in [5.41, 5.74) is 3.96. The molecule has 7 nitrogen and oxygen atoms in total. The van der Waals surface area contributed by atoms with Crippen LogP contribution >= 0.6 is 0 Å². The van der Waals surface area contributed by atoms with Crippen LogP contribution in [0.1, 0.15) is 35.7 Å². The maximum absolute atomic E-state index is 5.60. The van der Waals surface area contributed by atoms with E-state index in [1.165, 1.54) is 16.8 Å². The molecule has 4 rings (SSSR count). The van der Waals surface area contributed by atoms with Crippen LogP contribution in [0.2, 0.25) is 0 Å². The molecule has 1 atom stereocenters. The number of fused-ring (bicyclic) bond motifs is 1. The van der Waals surface area contributed by atoms with Crippen molar-refractivity contribution in [1.29, 1.82) is 0 Å². The van der Waals surface area contributed by atoms with Crippen molar-refractivity contribution in [2.75, 3.05) is 33.5 Å². The molecule has 1 fully saturated rings. The molecule has 1 saturated heterocycles. The molecule has 7 heteroatoms. The molecule has 0 aromatic carbocycles. The number of hydrogen-bond donors (Lipinski definition) is 0. The third-order valence-corrected chi connectivity index (χ3v) is 5.63. The van der Waals surface area contributed by atoms with Gasteiger partial charge in [-0.15, -0.1) is 0 Å². The van der Waals surface area contributed by atoms with Gasteiger partial charge in [-0.1, -0.05) is 0 Å². The molecule has 2 aromatic heterocycles. The zero-order valence-electron chi connectivity index (χ0n) is 15.8. The van der Waals surface area contributed by atoms with Gasteiger partial charge in [-0.3, -0.25) is 14.3 Å². The largest absolute Gasteiger partial charge is 0.383 e. The van der Waals surface area contributed by atoms with E-state index in [1.54, 1.807) is 7.11 Å². The normalized spacial score (nSPS) is 21.8. The van der Waals surface area contributed by atoms with Crippen molar-refractivity contribution >= 4 is 0 Å². The highest BCUT2D eigenvalue weighted by molar-refractivity contribution is 5.26. The fraction of sp³-hybridized carbons (Fsp3) is 0.684. The number of aryl methyl sites for hydroxylation is 1. The van der Waals surface area contributed by atoms with Crippen LogP contribution in [0.15, 0.2) is 18.6 Å². The third kappa shape index (κ3) is 3.70. The Kier molecular flexibility index (Phi) is 5.38. The van der Waals surface area contributed by atoms with Crippen LogP contribution in [0.5, 0.6) is 0 Å². The van der Waals surface area contributed by atoms with E-state index in [4.69, 9.17) is 14.6 Å². The molecule has 0 radical (unpaired) electrons. The molecule has 0 unspecified atom stereocenters. The van der Waals surface area contributed by atoms with Crippen LogP contribution in [0, 0.1) is 5.92 Å². The van der Waals surface area contributed by atoms with Crippen LogP contribution < -0.4 is 0 Å². The average molecular weight is 359 g/mol. The standard InChI is InChI=1S/C19H29N5O2/c1-22-11-16(9-20-22)12-23-6-3-17-10-21-24(19(17)18(23)14-25-2)13-15-4-7-26-8-5-15/h9-11,15,18H,3-8,12-14H2,1-2H3/t18-/m0/s1. The lowest BCUT2D eigenvalue weighted by Gasteiger charge is -2.36. The highest BCUT2D eigenvalue weighted by atomic mass is 16.5. The van der Waals surface area contributed by atoms with Crippen molar-refractivity contribution in [2.24, 2.45) is 13.0 Å². The SMILES string of the molecule is COC[C@H]1c2c(cnn2CC2CCOCC2)CCN1Cc1cnn(C)c1. The number of hydrogen-bond acceptors (Lipinski definition) is 5. The number of rotatable bonds is 6. The van der Waals surface area contributed by atoms with Gasteiger partial charge in [-0.25, -0.2) is 0 Å². The van der Waals surface area contributed by atoms with E-state index in [2.05, 4.69) is 27.1 Å². The van der Waals surface area contributed by atoms with E-state index in [9.17, 15) is 0 Å². The Morgan fingerprint density at radius 2 is 2.08 bits per heavy atom. The van der Waals surface area contributed by atoms with Gasteiger partial charge in [-0.05, 0) is 30.7 Å². The highest BCUT2D eigenvalue weighted by Crippen LogP contribution is 2.32. The van der Waals surface area contributed by atoms with E-state index in [-0.39, 0.29) is 6.04 Å². The number of nitrogens with zero attached hydrogens (tertiary/aromatic N) is 5. The van der Waals surface area contributed by atoms with Crippen molar-refractivity contribution in [3.8, 4) is 0 Å². The lowest BCUT2D eigenvalue weighted by molar-refractivity contribution is 0.0545. The first kappa shape index (κ1) is 17.7. The minimum Gasteiger partial charge on any atom is -0.383 e. The number of methoxy groups -OCH3 is 1. The Labute approximate surface area is 154 Å². The molecule has 0 amide bonds. The van der Waals surface area contributed by atoms with Gasteiger partial charge < -0.3 is 9.47 Å². The first-order chi connectivity index (χ1) is 12.7. The van der Waals surface area contributed by atoms with Gasteiger partial charge >= 0.3 is 0 Å². The van der Waals surface area contributed by atoms with Crippen molar-refractivity contribution in [2.45, 2.75) is 38.4 Å². The number of aromatic nitrogens is 4. The zero-order chi connectivity index (χ0) is 17.9. The molecule has 2 aromatic rings. The van der Waals surface area contributed by atoms with Crippen molar-refractivity contribution in [1.82, 2.24) is 24.5 Å². The Morgan fingerprint density at radius 3 is 2.81 bits per heavy atom. The fourth-order valence-corrected chi connectivity index (χ4v) is 4.24. The van der Waals surface area contributed by atoms with E-state index in [0.717, 1.165) is 52.1 Å². The average Bonchev–Trinajstić information content (AvgIpc) is 3.24. The zero-order valence-corrected chi connectivity index (χ0v) is 15.8. The van der Waals surface area contributed by atoms with Gasteiger partial charge in [0.15, 0.2) is 0 Å². The molecule has 142 valence electrons. The molecular formula is C19H29N5O2. The van der Waals surface area contributed by atoms with E-state index < -0.39 is 0 Å². The van der Waals surface area contributed by atoms with Gasteiger partial charge in [0, 0.05) is 58.8 Å². The predicted octanol–water partition coefficient (Wildman–Crippen LogP) is 1.79. The van der Waals surface area contributed by atoms with E-state index in [1.807, 2.05) is 17.9 Å². The molecule has 26 heavy (non-hydrogen) atoms. The van der Waals surface area contributed by atoms with Crippen LogP contribution in [0.4, 0.5) is 0 Å². The summed E-state index contributed by atoms with van der Waals surface area (Å²) in [5.74, 6) is 0.657. The Morgan fingerprint density at radius 1 is 1.23 bits per heavy atom. The summed E-state index contributed by atoms with van der Waals surface area (Å²) < 4.78 is 15.2. The first-order valence-electron chi connectivity index (χ1n) is 9.57. The summed E-state index contributed by atoms with van der Waals surface area (Å²) in [6.45, 7) is 5.35. The monoisotopic (exact) mass is 359 g/mol. The van der Waals surface area contributed by atoms with E-state index >= 15 is 0 Å².